The Morgan fingerprint density at radius 1 is 1.19 bits per heavy atom. The molecule has 0 aliphatic carbocycles. The van der Waals surface area contributed by atoms with E-state index in [0.717, 1.165) is 26.2 Å². The van der Waals surface area contributed by atoms with E-state index in [4.69, 9.17) is 0 Å². The van der Waals surface area contributed by atoms with Gasteiger partial charge in [-0.25, -0.2) is 0 Å². The van der Waals surface area contributed by atoms with Gasteiger partial charge in [0.2, 0.25) is 5.91 Å². The van der Waals surface area contributed by atoms with Crippen molar-refractivity contribution in [2.75, 3.05) is 46.8 Å². The summed E-state index contributed by atoms with van der Waals surface area (Å²) in [6.45, 7) is 8.17. The number of halogens is 2. The van der Waals surface area contributed by atoms with Crippen molar-refractivity contribution in [3.63, 3.8) is 0 Å². The molecule has 0 atom stereocenters. The molecule has 0 bridgehead atoms. The monoisotopic (exact) mass is 273 g/mol. The second-order valence-corrected chi connectivity index (χ2v) is 3.38. The Morgan fingerprint density at radius 3 is 2.06 bits per heavy atom. The van der Waals surface area contributed by atoms with E-state index in [1.165, 1.54) is 0 Å². The molecule has 1 amide bonds. The maximum atomic E-state index is 11.6. The van der Waals surface area contributed by atoms with Gasteiger partial charge in [-0.3, -0.25) is 9.69 Å². The molecule has 0 aromatic heterocycles. The third-order valence-electron chi connectivity index (χ3n) is 2.38. The summed E-state index contributed by atoms with van der Waals surface area (Å²) >= 11 is 0. The molecule has 4 nitrogen and oxygen atoms in total. The van der Waals surface area contributed by atoms with E-state index in [-0.39, 0.29) is 30.7 Å². The summed E-state index contributed by atoms with van der Waals surface area (Å²) < 4.78 is 0. The average molecular weight is 274 g/mol. The summed E-state index contributed by atoms with van der Waals surface area (Å²) in [6.07, 6.45) is 0. The van der Waals surface area contributed by atoms with E-state index in [2.05, 4.69) is 24.1 Å². The van der Waals surface area contributed by atoms with Gasteiger partial charge >= 0.3 is 0 Å². The molecule has 0 unspecified atom stereocenters. The number of hydrogen-bond donors (Lipinski definition) is 1. The Labute approximate surface area is 112 Å². The first kappa shape index (κ1) is 21.3. The first-order valence-corrected chi connectivity index (χ1v) is 5.26. The van der Waals surface area contributed by atoms with Crippen LogP contribution in [0.3, 0.4) is 0 Å². The zero-order valence-corrected chi connectivity index (χ0v) is 12.3. The van der Waals surface area contributed by atoms with Crippen LogP contribution in [-0.2, 0) is 4.79 Å². The predicted molar refractivity (Wildman–Crippen MR) is 73.8 cm³/mol. The first-order valence-electron chi connectivity index (χ1n) is 5.26. The molecule has 0 aliphatic heterocycles. The van der Waals surface area contributed by atoms with Gasteiger partial charge in [0.25, 0.3) is 0 Å². The second-order valence-electron chi connectivity index (χ2n) is 3.38. The van der Waals surface area contributed by atoms with Gasteiger partial charge < -0.3 is 10.2 Å². The molecule has 0 heterocycles. The summed E-state index contributed by atoms with van der Waals surface area (Å²) in [4.78, 5) is 15.5. The van der Waals surface area contributed by atoms with Crippen molar-refractivity contribution in [3.8, 4) is 0 Å². The van der Waals surface area contributed by atoms with Gasteiger partial charge in [0, 0.05) is 20.1 Å². The fourth-order valence-electron chi connectivity index (χ4n) is 1.16. The number of rotatable bonds is 7. The van der Waals surface area contributed by atoms with E-state index in [9.17, 15) is 4.79 Å². The Bertz CT molecular complexity index is 166. The van der Waals surface area contributed by atoms with Gasteiger partial charge in [-0.2, -0.15) is 0 Å². The fraction of sp³-hybridized carbons (Fsp3) is 0.900. The maximum Gasteiger partial charge on any atom is 0.236 e. The first-order chi connectivity index (χ1) is 6.65. The highest BCUT2D eigenvalue weighted by atomic mass is 35.5. The smallest absolute Gasteiger partial charge is 0.236 e. The van der Waals surface area contributed by atoms with Crippen LogP contribution in [0.15, 0.2) is 0 Å². The number of hydrogen-bond acceptors (Lipinski definition) is 3. The predicted octanol–water partition coefficient (Wildman–Crippen LogP) is 0.850. The summed E-state index contributed by atoms with van der Waals surface area (Å²) in [5.74, 6) is 0.198. The van der Waals surface area contributed by atoms with E-state index in [1.54, 1.807) is 4.90 Å². The topological polar surface area (TPSA) is 35.6 Å². The molecule has 100 valence electrons. The molecule has 0 saturated heterocycles. The molecular formula is C10H25Cl2N3O. The standard InChI is InChI=1S/C10H23N3O.2ClH/c1-5-13(6-2)9-10(14)12(4)8-7-11-3;;/h11H,5-9H2,1-4H3;2*1H. The number of carbonyl (C=O) groups is 1. The van der Waals surface area contributed by atoms with Crippen LogP contribution < -0.4 is 5.32 Å². The van der Waals surface area contributed by atoms with Crippen molar-refractivity contribution in [3.05, 3.63) is 0 Å². The van der Waals surface area contributed by atoms with Crippen LogP contribution in [0.25, 0.3) is 0 Å². The zero-order valence-electron chi connectivity index (χ0n) is 10.7. The van der Waals surface area contributed by atoms with Crippen LogP contribution in [0.1, 0.15) is 13.8 Å². The molecule has 0 fully saturated rings. The van der Waals surface area contributed by atoms with Gasteiger partial charge in [0.15, 0.2) is 0 Å². The lowest BCUT2D eigenvalue weighted by Crippen LogP contribution is -2.40. The summed E-state index contributed by atoms with van der Waals surface area (Å²) in [5, 5.41) is 3.03. The van der Waals surface area contributed by atoms with Gasteiger partial charge in [-0.05, 0) is 20.1 Å². The summed E-state index contributed by atoms with van der Waals surface area (Å²) in [7, 11) is 3.74. The Kier molecular flexibility index (Phi) is 17.3. The second kappa shape index (κ2) is 13.0. The third kappa shape index (κ3) is 9.21. The highest BCUT2D eigenvalue weighted by Gasteiger charge is 2.10. The Balaban J connectivity index is -0.000000845. The normalized spacial score (nSPS) is 9.31. The highest BCUT2D eigenvalue weighted by Crippen LogP contribution is 1.91. The number of carbonyl (C=O) groups excluding carboxylic acids is 1. The van der Waals surface area contributed by atoms with Crippen LogP contribution in [0, 0.1) is 0 Å². The molecule has 0 aliphatic rings. The van der Waals surface area contributed by atoms with Crippen molar-refractivity contribution in [2.24, 2.45) is 0 Å². The molecule has 1 N–H and O–H groups in total. The Hall–Kier alpha value is -0.0300. The van der Waals surface area contributed by atoms with E-state index >= 15 is 0 Å². The Morgan fingerprint density at radius 2 is 1.69 bits per heavy atom. The molecule has 0 radical (unpaired) electrons. The number of likely N-dealkylation sites (N-methyl/N-ethyl adjacent to an activating group) is 3. The van der Waals surface area contributed by atoms with Crippen molar-refractivity contribution < 1.29 is 4.79 Å². The van der Waals surface area contributed by atoms with E-state index in [0.29, 0.717) is 6.54 Å². The van der Waals surface area contributed by atoms with Gasteiger partial charge in [-0.1, -0.05) is 13.8 Å². The zero-order chi connectivity index (χ0) is 11.0. The fourth-order valence-corrected chi connectivity index (χ4v) is 1.16. The van der Waals surface area contributed by atoms with Gasteiger partial charge in [0.1, 0.15) is 0 Å². The van der Waals surface area contributed by atoms with Gasteiger partial charge in [-0.15, -0.1) is 24.8 Å². The molecule has 0 rings (SSSR count). The largest absolute Gasteiger partial charge is 0.343 e. The number of nitrogens with zero attached hydrogens (tertiary/aromatic N) is 2. The minimum atomic E-state index is 0. The maximum absolute atomic E-state index is 11.6. The van der Waals surface area contributed by atoms with Crippen LogP contribution in [-0.4, -0.2) is 62.5 Å². The summed E-state index contributed by atoms with van der Waals surface area (Å²) in [5.41, 5.74) is 0. The minimum Gasteiger partial charge on any atom is -0.343 e. The van der Waals surface area contributed by atoms with Crippen LogP contribution in [0.5, 0.6) is 0 Å². The lowest BCUT2D eigenvalue weighted by molar-refractivity contribution is -0.131. The van der Waals surface area contributed by atoms with E-state index < -0.39 is 0 Å². The minimum absolute atomic E-state index is 0. The third-order valence-corrected chi connectivity index (χ3v) is 2.38. The molecule has 0 aromatic carbocycles. The number of amides is 1. The molecule has 0 spiro atoms. The van der Waals surface area contributed by atoms with Crippen LogP contribution in [0.4, 0.5) is 0 Å². The van der Waals surface area contributed by atoms with Crippen molar-refractivity contribution in [1.82, 2.24) is 15.1 Å². The lowest BCUT2D eigenvalue weighted by Gasteiger charge is -2.22. The lowest BCUT2D eigenvalue weighted by atomic mass is 10.4. The molecule has 0 saturated carbocycles. The highest BCUT2D eigenvalue weighted by molar-refractivity contribution is 5.85. The average Bonchev–Trinajstić information content (AvgIpc) is 2.21. The SMILES string of the molecule is CCN(CC)CC(=O)N(C)CCNC.Cl.Cl. The van der Waals surface area contributed by atoms with Crippen molar-refractivity contribution in [2.45, 2.75) is 13.8 Å². The van der Waals surface area contributed by atoms with E-state index in [1.807, 2.05) is 14.1 Å². The van der Waals surface area contributed by atoms with Crippen molar-refractivity contribution in [1.29, 1.82) is 0 Å². The molecular weight excluding hydrogens is 249 g/mol. The van der Waals surface area contributed by atoms with Gasteiger partial charge in [0.05, 0.1) is 6.54 Å². The quantitative estimate of drug-likeness (QED) is 0.747. The van der Waals surface area contributed by atoms with Crippen LogP contribution in [0.2, 0.25) is 0 Å². The molecule has 6 heteroatoms. The molecule has 0 aromatic rings. The van der Waals surface area contributed by atoms with Crippen molar-refractivity contribution >= 4 is 30.7 Å². The molecule has 16 heavy (non-hydrogen) atoms. The summed E-state index contributed by atoms with van der Waals surface area (Å²) in [6, 6.07) is 0. The number of nitrogens with one attached hydrogen (secondary N) is 1. The van der Waals surface area contributed by atoms with Crippen LogP contribution >= 0.6 is 24.8 Å².